The van der Waals surface area contributed by atoms with Crippen LogP contribution in [0.1, 0.15) is 19.8 Å². The molecule has 1 aromatic heterocycles. The summed E-state index contributed by atoms with van der Waals surface area (Å²) in [6.45, 7) is 3.40. The van der Waals surface area contributed by atoms with Crippen molar-refractivity contribution in [1.82, 2.24) is 4.98 Å². The highest BCUT2D eigenvalue weighted by molar-refractivity contribution is 6.42. The number of unbranched alkanes of at least 4 members (excludes halogenated alkanes) is 1. The van der Waals surface area contributed by atoms with Crippen LogP contribution in [0.3, 0.4) is 0 Å². The minimum Gasteiger partial charge on any atom is -0.395 e. The van der Waals surface area contributed by atoms with Crippen LogP contribution < -0.4 is 4.90 Å². The van der Waals surface area contributed by atoms with E-state index in [9.17, 15) is 0 Å². The van der Waals surface area contributed by atoms with Gasteiger partial charge >= 0.3 is 0 Å². The summed E-state index contributed by atoms with van der Waals surface area (Å²) in [6, 6.07) is 1.57. The Kier molecular flexibility index (Phi) is 6.34. The molecule has 0 atom stereocenters. The Morgan fingerprint density at radius 2 is 1.94 bits per heavy atom. The molecule has 0 aliphatic rings. The third-order valence-corrected chi connectivity index (χ3v) is 3.27. The van der Waals surface area contributed by atoms with Gasteiger partial charge in [0.15, 0.2) is 0 Å². The lowest BCUT2D eigenvalue weighted by atomic mass is 10.3. The van der Waals surface area contributed by atoms with Crippen LogP contribution in [0.4, 0.5) is 5.82 Å². The third-order valence-electron chi connectivity index (χ3n) is 2.32. The lowest BCUT2D eigenvalue weighted by Gasteiger charge is -2.23. The highest BCUT2D eigenvalue weighted by atomic mass is 35.5. The predicted molar refractivity (Wildman–Crippen MR) is 73.5 cm³/mol. The number of pyridine rings is 1. The zero-order valence-corrected chi connectivity index (χ0v) is 11.9. The van der Waals surface area contributed by atoms with Gasteiger partial charge in [-0.05, 0) is 12.5 Å². The van der Waals surface area contributed by atoms with Gasteiger partial charge in [0.25, 0.3) is 0 Å². The molecule has 0 aromatic carbocycles. The number of hydrogen-bond acceptors (Lipinski definition) is 3. The number of aliphatic hydroxyl groups is 1. The van der Waals surface area contributed by atoms with Gasteiger partial charge in [0, 0.05) is 13.1 Å². The number of halogens is 3. The van der Waals surface area contributed by atoms with Gasteiger partial charge < -0.3 is 10.0 Å². The number of nitrogens with zero attached hydrogens (tertiary/aromatic N) is 2. The summed E-state index contributed by atoms with van der Waals surface area (Å²) in [5.41, 5.74) is 0. The number of hydrogen-bond donors (Lipinski definition) is 1. The van der Waals surface area contributed by atoms with E-state index in [4.69, 9.17) is 39.9 Å². The Labute approximate surface area is 116 Å². The van der Waals surface area contributed by atoms with Crippen LogP contribution in [0.5, 0.6) is 0 Å². The molecule has 0 bridgehead atoms. The molecular formula is C11H15Cl3N2O. The van der Waals surface area contributed by atoms with Crippen LogP contribution in [-0.2, 0) is 0 Å². The highest BCUT2D eigenvalue weighted by Crippen LogP contribution is 2.31. The molecule has 0 aliphatic carbocycles. The van der Waals surface area contributed by atoms with E-state index in [1.54, 1.807) is 6.07 Å². The highest BCUT2D eigenvalue weighted by Gasteiger charge is 2.14. The van der Waals surface area contributed by atoms with E-state index in [1.807, 2.05) is 4.90 Å². The predicted octanol–water partition coefficient (Wildman–Crippen LogP) is 3.64. The second-order valence-electron chi connectivity index (χ2n) is 3.63. The first kappa shape index (κ1) is 14.8. The number of anilines is 1. The SMILES string of the molecule is CCCCN(CCO)c1nc(Cl)c(Cl)cc1Cl. The summed E-state index contributed by atoms with van der Waals surface area (Å²) in [5, 5.41) is 10.0. The molecule has 0 saturated heterocycles. The van der Waals surface area contributed by atoms with Crippen molar-refractivity contribution in [2.24, 2.45) is 0 Å². The molecule has 0 fully saturated rings. The molecule has 1 rings (SSSR count). The molecule has 1 aromatic rings. The molecule has 0 saturated carbocycles. The largest absolute Gasteiger partial charge is 0.395 e. The normalized spacial score (nSPS) is 10.6. The van der Waals surface area contributed by atoms with Gasteiger partial charge in [-0.15, -0.1) is 0 Å². The quantitative estimate of drug-likeness (QED) is 0.814. The molecule has 0 radical (unpaired) electrons. The van der Waals surface area contributed by atoms with E-state index in [0.29, 0.717) is 22.4 Å². The zero-order valence-electron chi connectivity index (χ0n) is 9.59. The first-order chi connectivity index (χ1) is 8.10. The van der Waals surface area contributed by atoms with Crippen LogP contribution in [0.15, 0.2) is 6.07 Å². The van der Waals surface area contributed by atoms with Gasteiger partial charge in [-0.1, -0.05) is 48.1 Å². The Hall–Kier alpha value is -0.220. The average Bonchev–Trinajstić information content (AvgIpc) is 2.29. The van der Waals surface area contributed by atoms with Gasteiger partial charge in [-0.25, -0.2) is 4.98 Å². The van der Waals surface area contributed by atoms with Crippen LogP contribution >= 0.6 is 34.8 Å². The van der Waals surface area contributed by atoms with E-state index in [-0.39, 0.29) is 11.8 Å². The molecule has 1 heterocycles. The number of aromatic nitrogens is 1. The summed E-state index contributed by atoms with van der Waals surface area (Å²) in [5.74, 6) is 0.573. The molecule has 17 heavy (non-hydrogen) atoms. The molecule has 3 nitrogen and oxygen atoms in total. The van der Waals surface area contributed by atoms with Gasteiger partial charge in [0.1, 0.15) is 11.0 Å². The van der Waals surface area contributed by atoms with Crippen molar-refractivity contribution in [3.05, 3.63) is 21.3 Å². The lowest BCUT2D eigenvalue weighted by Crippen LogP contribution is -2.28. The smallest absolute Gasteiger partial charge is 0.150 e. The van der Waals surface area contributed by atoms with E-state index < -0.39 is 0 Å². The molecule has 1 N–H and O–H groups in total. The van der Waals surface area contributed by atoms with Crippen molar-refractivity contribution in [2.75, 3.05) is 24.6 Å². The van der Waals surface area contributed by atoms with Crippen molar-refractivity contribution in [3.8, 4) is 0 Å². The summed E-state index contributed by atoms with van der Waals surface area (Å²) < 4.78 is 0. The van der Waals surface area contributed by atoms with Crippen LogP contribution in [-0.4, -0.2) is 29.8 Å². The Balaban J connectivity index is 2.96. The summed E-state index contributed by atoms with van der Waals surface area (Å²) in [4.78, 5) is 6.07. The van der Waals surface area contributed by atoms with Crippen LogP contribution in [0, 0.1) is 0 Å². The second kappa shape index (κ2) is 7.27. The first-order valence-electron chi connectivity index (χ1n) is 5.47. The van der Waals surface area contributed by atoms with Crippen molar-refractivity contribution in [2.45, 2.75) is 19.8 Å². The summed E-state index contributed by atoms with van der Waals surface area (Å²) in [6.07, 6.45) is 2.05. The molecule has 0 aliphatic heterocycles. The minimum atomic E-state index is 0.0436. The molecule has 6 heteroatoms. The monoisotopic (exact) mass is 296 g/mol. The van der Waals surface area contributed by atoms with Crippen molar-refractivity contribution in [3.63, 3.8) is 0 Å². The maximum Gasteiger partial charge on any atom is 0.150 e. The van der Waals surface area contributed by atoms with Crippen molar-refractivity contribution < 1.29 is 5.11 Å². The molecular weight excluding hydrogens is 282 g/mol. The van der Waals surface area contributed by atoms with Crippen molar-refractivity contribution >= 4 is 40.6 Å². The molecule has 0 unspecified atom stereocenters. The number of rotatable bonds is 6. The van der Waals surface area contributed by atoms with Crippen LogP contribution in [0.25, 0.3) is 0 Å². The van der Waals surface area contributed by atoms with E-state index in [0.717, 1.165) is 19.4 Å². The lowest BCUT2D eigenvalue weighted by molar-refractivity contribution is 0.301. The minimum absolute atomic E-state index is 0.0436. The standard InChI is InChI=1S/C11H15Cl3N2O/c1-2-3-4-16(5-6-17)11-9(13)7-8(12)10(14)15-11/h7,17H,2-6H2,1H3. The maximum absolute atomic E-state index is 9.04. The Morgan fingerprint density at radius 3 is 2.53 bits per heavy atom. The maximum atomic E-state index is 9.04. The molecule has 96 valence electrons. The molecule has 0 spiro atoms. The Bertz CT molecular complexity index is 374. The Morgan fingerprint density at radius 1 is 1.24 bits per heavy atom. The summed E-state index contributed by atoms with van der Waals surface area (Å²) in [7, 11) is 0. The fraction of sp³-hybridized carbons (Fsp3) is 0.545. The van der Waals surface area contributed by atoms with E-state index >= 15 is 0 Å². The van der Waals surface area contributed by atoms with Gasteiger partial charge in [0.05, 0.1) is 16.7 Å². The molecule has 0 amide bonds. The fourth-order valence-electron chi connectivity index (χ4n) is 1.45. The van der Waals surface area contributed by atoms with Gasteiger partial charge in [0.2, 0.25) is 0 Å². The van der Waals surface area contributed by atoms with Crippen molar-refractivity contribution in [1.29, 1.82) is 0 Å². The third kappa shape index (κ3) is 4.18. The first-order valence-corrected chi connectivity index (χ1v) is 6.60. The van der Waals surface area contributed by atoms with Gasteiger partial charge in [-0.2, -0.15) is 0 Å². The van der Waals surface area contributed by atoms with E-state index in [2.05, 4.69) is 11.9 Å². The fourth-order valence-corrected chi connectivity index (χ4v) is 2.06. The average molecular weight is 298 g/mol. The van der Waals surface area contributed by atoms with E-state index in [1.165, 1.54) is 0 Å². The summed E-state index contributed by atoms with van der Waals surface area (Å²) >= 11 is 17.8. The zero-order chi connectivity index (χ0) is 12.8. The van der Waals surface area contributed by atoms with Crippen LogP contribution in [0.2, 0.25) is 15.2 Å². The second-order valence-corrected chi connectivity index (χ2v) is 4.80. The van der Waals surface area contributed by atoms with Gasteiger partial charge in [-0.3, -0.25) is 0 Å². The topological polar surface area (TPSA) is 36.4 Å². The number of aliphatic hydroxyl groups excluding tert-OH is 1.